The van der Waals surface area contributed by atoms with Crippen LogP contribution in [-0.4, -0.2) is 5.71 Å². The van der Waals surface area contributed by atoms with E-state index in [0.29, 0.717) is 0 Å². The first kappa shape index (κ1) is 15.4. The van der Waals surface area contributed by atoms with E-state index >= 15 is 0 Å². The molecule has 0 N–H and O–H groups in total. The SMILES string of the molecule is Fc1ccccc1C1CC(C2=CC=CCC2)=Nc2ccccc2S1. The summed E-state index contributed by atoms with van der Waals surface area (Å²) >= 11 is 1.71. The average molecular weight is 335 g/mol. The maximum absolute atomic E-state index is 14.4. The molecule has 0 saturated carbocycles. The molecule has 1 unspecified atom stereocenters. The molecule has 3 heteroatoms. The third-order valence-corrected chi connectivity index (χ3v) is 5.71. The number of rotatable bonds is 2. The van der Waals surface area contributed by atoms with Gasteiger partial charge in [-0.3, -0.25) is 4.99 Å². The molecule has 0 radical (unpaired) electrons. The minimum atomic E-state index is -0.133. The molecular weight excluding hydrogens is 317 g/mol. The lowest BCUT2D eigenvalue weighted by Gasteiger charge is -2.18. The van der Waals surface area contributed by atoms with Crippen molar-refractivity contribution in [1.82, 2.24) is 0 Å². The van der Waals surface area contributed by atoms with Crippen LogP contribution in [0.3, 0.4) is 0 Å². The third-order valence-electron chi connectivity index (χ3n) is 4.41. The van der Waals surface area contributed by atoms with Crippen LogP contribution in [0.4, 0.5) is 10.1 Å². The number of hydrogen-bond donors (Lipinski definition) is 0. The van der Waals surface area contributed by atoms with Crippen LogP contribution >= 0.6 is 11.8 Å². The Hall–Kier alpha value is -2.13. The van der Waals surface area contributed by atoms with E-state index in [2.05, 4.69) is 24.3 Å². The molecule has 24 heavy (non-hydrogen) atoms. The van der Waals surface area contributed by atoms with Crippen LogP contribution < -0.4 is 0 Å². The first-order chi connectivity index (χ1) is 11.8. The van der Waals surface area contributed by atoms with Crippen LogP contribution in [0.2, 0.25) is 0 Å². The number of nitrogens with zero attached hydrogens (tertiary/aromatic N) is 1. The highest BCUT2D eigenvalue weighted by atomic mass is 32.2. The zero-order chi connectivity index (χ0) is 16.4. The Morgan fingerprint density at radius 1 is 1.04 bits per heavy atom. The van der Waals surface area contributed by atoms with Gasteiger partial charge >= 0.3 is 0 Å². The van der Waals surface area contributed by atoms with Crippen molar-refractivity contribution in [2.24, 2.45) is 4.99 Å². The minimum absolute atomic E-state index is 0.0420. The predicted octanol–water partition coefficient (Wildman–Crippen LogP) is 6.41. The third kappa shape index (κ3) is 3.09. The van der Waals surface area contributed by atoms with Crippen LogP contribution in [0, 0.1) is 5.82 Å². The summed E-state index contributed by atoms with van der Waals surface area (Å²) < 4.78 is 14.4. The summed E-state index contributed by atoms with van der Waals surface area (Å²) in [5.74, 6) is -0.133. The van der Waals surface area contributed by atoms with E-state index in [1.165, 1.54) is 5.57 Å². The van der Waals surface area contributed by atoms with Crippen molar-refractivity contribution in [1.29, 1.82) is 0 Å². The highest BCUT2D eigenvalue weighted by molar-refractivity contribution is 7.99. The molecule has 2 aliphatic rings. The van der Waals surface area contributed by atoms with Crippen molar-refractivity contribution in [2.75, 3.05) is 0 Å². The molecule has 0 spiro atoms. The molecule has 4 rings (SSSR count). The van der Waals surface area contributed by atoms with E-state index in [-0.39, 0.29) is 11.1 Å². The summed E-state index contributed by atoms with van der Waals surface area (Å²) in [5.41, 5.74) is 4.12. The zero-order valence-electron chi connectivity index (χ0n) is 13.3. The molecule has 1 nitrogen and oxygen atoms in total. The molecule has 120 valence electrons. The van der Waals surface area contributed by atoms with Gasteiger partial charge in [0.1, 0.15) is 5.82 Å². The largest absolute Gasteiger partial charge is 0.252 e. The maximum Gasteiger partial charge on any atom is 0.127 e. The number of aliphatic imine (C=N–C) groups is 1. The Bertz CT molecular complexity index is 850. The summed E-state index contributed by atoms with van der Waals surface area (Å²) in [7, 11) is 0. The molecular formula is C21H18FNS. The summed E-state index contributed by atoms with van der Waals surface area (Å²) in [5, 5.41) is 0.0420. The smallest absolute Gasteiger partial charge is 0.127 e. The Balaban J connectivity index is 1.79. The van der Waals surface area contributed by atoms with Crippen molar-refractivity contribution in [3.63, 3.8) is 0 Å². The summed E-state index contributed by atoms with van der Waals surface area (Å²) in [6, 6.07) is 15.3. The fraction of sp³-hybridized carbons (Fsp3) is 0.190. The van der Waals surface area contributed by atoms with Crippen LogP contribution in [0.15, 0.2) is 82.2 Å². The van der Waals surface area contributed by atoms with Gasteiger partial charge in [-0.1, -0.05) is 48.6 Å². The second-order valence-corrected chi connectivity index (χ2v) is 7.26. The first-order valence-electron chi connectivity index (χ1n) is 8.25. The number of allylic oxidation sites excluding steroid dienone is 4. The second kappa shape index (κ2) is 6.78. The van der Waals surface area contributed by atoms with Crippen LogP contribution in [-0.2, 0) is 0 Å². The first-order valence-corrected chi connectivity index (χ1v) is 9.13. The second-order valence-electron chi connectivity index (χ2n) is 6.02. The number of halogens is 1. The molecule has 1 aliphatic carbocycles. The van der Waals surface area contributed by atoms with E-state index in [4.69, 9.17) is 4.99 Å². The molecule has 2 aromatic rings. The lowest BCUT2D eigenvalue weighted by molar-refractivity contribution is 0.609. The van der Waals surface area contributed by atoms with Gasteiger partial charge in [-0.05, 0) is 36.6 Å². The van der Waals surface area contributed by atoms with Crippen molar-refractivity contribution < 1.29 is 4.39 Å². The standard InChI is InChI=1S/C21H18FNS/c22-17-11-5-4-10-16(17)21-14-19(15-8-2-1-3-9-15)23-18-12-6-7-13-20(18)24-21/h1-2,4-8,10-13,21H,3,9,14H2. The van der Waals surface area contributed by atoms with Crippen molar-refractivity contribution in [3.05, 3.63) is 83.7 Å². The Labute approximate surface area is 146 Å². The highest BCUT2D eigenvalue weighted by Crippen LogP contribution is 2.46. The quantitative estimate of drug-likeness (QED) is 0.617. The van der Waals surface area contributed by atoms with Gasteiger partial charge in [-0.15, -0.1) is 11.8 Å². The average Bonchev–Trinajstić information content (AvgIpc) is 2.82. The van der Waals surface area contributed by atoms with E-state index < -0.39 is 0 Å². The summed E-state index contributed by atoms with van der Waals surface area (Å²) in [6.07, 6.45) is 9.23. The Morgan fingerprint density at radius 2 is 1.88 bits per heavy atom. The molecule has 0 saturated heterocycles. The van der Waals surface area contributed by atoms with Crippen molar-refractivity contribution in [2.45, 2.75) is 29.4 Å². The molecule has 1 atom stereocenters. The van der Waals surface area contributed by atoms with Crippen LogP contribution in [0.25, 0.3) is 0 Å². The zero-order valence-corrected chi connectivity index (χ0v) is 14.1. The van der Waals surface area contributed by atoms with E-state index in [1.807, 2.05) is 30.3 Å². The Morgan fingerprint density at radius 3 is 2.71 bits per heavy atom. The normalized spacial score (nSPS) is 20.0. The van der Waals surface area contributed by atoms with Gasteiger partial charge in [0.05, 0.1) is 5.69 Å². The highest BCUT2D eigenvalue weighted by Gasteiger charge is 2.25. The number of benzene rings is 2. The van der Waals surface area contributed by atoms with Gasteiger partial charge in [0.25, 0.3) is 0 Å². The summed E-state index contributed by atoms with van der Waals surface area (Å²) in [6.45, 7) is 0. The molecule has 0 fully saturated rings. The maximum atomic E-state index is 14.4. The Kier molecular flexibility index (Phi) is 4.35. The van der Waals surface area contributed by atoms with Crippen molar-refractivity contribution >= 4 is 23.2 Å². The molecule has 0 amide bonds. The van der Waals surface area contributed by atoms with Gasteiger partial charge in [-0.25, -0.2) is 4.39 Å². The number of fused-ring (bicyclic) bond motifs is 1. The molecule has 0 bridgehead atoms. The molecule has 0 aromatic heterocycles. The van der Waals surface area contributed by atoms with Crippen LogP contribution in [0.5, 0.6) is 0 Å². The van der Waals surface area contributed by atoms with Gasteiger partial charge < -0.3 is 0 Å². The lowest BCUT2D eigenvalue weighted by Crippen LogP contribution is -2.09. The minimum Gasteiger partial charge on any atom is -0.252 e. The fourth-order valence-corrected chi connectivity index (χ4v) is 4.42. The lowest BCUT2D eigenvalue weighted by atomic mass is 9.95. The molecule has 1 aliphatic heterocycles. The van der Waals surface area contributed by atoms with E-state index in [9.17, 15) is 4.39 Å². The van der Waals surface area contributed by atoms with Gasteiger partial charge in [0, 0.05) is 27.8 Å². The van der Waals surface area contributed by atoms with E-state index in [1.54, 1.807) is 23.9 Å². The van der Waals surface area contributed by atoms with Gasteiger partial charge in [0.15, 0.2) is 0 Å². The fourth-order valence-electron chi connectivity index (χ4n) is 3.17. The number of para-hydroxylation sites is 1. The molecule has 2 aromatic carbocycles. The van der Waals surface area contributed by atoms with E-state index in [0.717, 1.165) is 41.1 Å². The predicted molar refractivity (Wildman–Crippen MR) is 99.6 cm³/mol. The monoisotopic (exact) mass is 335 g/mol. The number of hydrogen-bond acceptors (Lipinski definition) is 2. The van der Waals surface area contributed by atoms with Gasteiger partial charge in [-0.2, -0.15) is 0 Å². The van der Waals surface area contributed by atoms with Gasteiger partial charge in [0.2, 0.25) is 0 Å². The summed E-state index contributed by atoms with van der Waals surface area (Å²) in [4.78, 5) is 6.06. The number of thioether (sulfide) groups is 1. The molecule has 1 heterocycles. The van der Waals surface area contributed by atoms with Crippen LogP contribution in [0.1, 0.15) is 30.1 Å². The van der Waals surface area contributed by atoms with Crippen molar-refractivity contribution in [3.8, 4) is 0 Å². The topological polar surface area (TPSA) is 12.4 Å².